The molecule has 2 rings (SSSR count). The molecule has 0 atom stereocenters. The highest BCUT2D eigenvalue weighted by molar-refractivity contribution is 6.50. The summed E-state index contributed by atoms with van der Waals surface area (Å²) in [5.74, 6) is -2.10. The van der Waals surface area contributed by atoms with E-state index in [0.29, 0.717) is 17.7 Å². The van der Waals surface area contributed by atoms with Crippen molar-refractivity contribution in [1.82, 2.24) is 4.98 Å². The summed E-state index contributed by atoms with van der Waals surface area (Å²) in [5.41, 5.74) is 1.21. The van der Waals surface area contributed by atoms with E-state index in [1.165, 1.54) is 13.2 Å². The third kappa shape index (κ3) is 4.98. The van der Waals surface area contributed by atoms with Gasteiger partial charge < -0.3 is 19.8 Å². The molecule has 2 aromatic rings. The lowest BCUT2D eigenvalue weighted by atomic mass is 10.1. The zero-order valence-electron chi connectivity index (χ0n) is 15.5. The fraction of sp³-hybridized carbons (Fsp3) is 0.278. The summed E-state index contributed by atoms with van der Waals surface area (Å²) < 4.78 is 9.76. The Bertz CT molecular complexity index is 961. The Morgan fingerprint density at radius 2 is 1.66 bits per heavy atom. The molecule has 0 radical (unpaired) electrons. The lowest BCUT2D eigenvalue weighted by Crippen LogP contribution is -2.22. The number of anilines is 1. The number of aryl methyl sites for hydroxylation is 1. The summed E-state index contributed by atoms with van der Waals surface area (Å²) in [6.07, 6.45) is 0.464. The molecule has 0 saturated carbocycles. The molecule has 0 spiro atoms. The fourth-order valence-corrected chi connectivity index (χ4v) is 3.47. The van der Waals surface area contributed by atoms with Crippen molar-refractivity contribution in [2.75, 3.05) is 19.0 Å². The molecule has 1 amide bonds. The molecular weight excluding hydrogens is 466 g/mol. The van der Waals surface area contributed by atoms with Crippen LogP contribution >= 0.6 is 46.4 Å². The second-order valence-corrected chi connectivity index (χ2v) is 7.36. The molecule has 0 aliphatic carbocycles. The number of rotatable bonds is 6. The first-order valence-electron chi connectivity index (χ1n) is 8.22. The van der Waals surface area contributed by atoms with Gasteiger partial charge in [0.25, 0.3) is 5.91 Å². The van der Waals surface area contributed by atoms with Gasteiger partial charge in [-0.25, -0.2) is 9.59 Å². The average Bonchev–Trinajstić information content (AvgIpc) is 3.03. The molecule has 0 saturated heterocycles. The van der Waals surface area contributed by atoms with Gasteiger partial charge in [-0.05, 0) is 25.0 Å². The number of ether oxygens (including phenoxy) is 2. The van der Waals surface area contributed by atoms with Crippen molar-refractivity contribution in [3.05, 3.63) is 48.7 Å². The summed E-state index contributed by atoms with van der Waals surface area (Å²) in [5, 5.41) is 2.59. The lowest BCUT2D eigenvalue weighted by Gasteiger charge is -2.12. The van der Waals surface area contributed by atoms with Crippen LogP contribution in [0.5, 0.6) is 0 Å². The topological polar surface area (TPSA) is 97.5 Å². The summed E-state index contributed by atoms with van der Waals surface area (Å²) in [6.45, 7) is 2.75. The van der Waals surface area contributed by atoms with E-state index in [2.05, 4.69) is 10.3 Å². The van der Waals surface area contributed by atoms with Gasteiger partial charge in [-0.2, -0.15) is 0 Å². The van der Waals surface area contributed by atoms with Crippen LogP contribution in [-0.2, 0) is 20.7 Å². The highest BCUT2D eigenvalue weighted by atomic mass is 35.5. The number of carbonyl (C=O) groups is 3. The van der Waals surface area contributed by atoms with Gasteiger partial charge in [0.15, 0.2) is 6.61 Å². The second-order valence-electron chi connectivity index (χ2n) is 5.79. The number of esters is 2. The number of halogens is 4. The number of hydrogen-bond acceptors (Lipinski definition) is 5. The van der Waals surface area contributed by atoms with Gasteiger partial charge in [-0.3, -0.25) is 4.79 Å². The van der Waals surface area contributed by atoms with Crippen LogP contribution in [0.1, 0.15) is 39.0 Å². The van der Waals surface area contributed by atoms with E-state index >= 15 is 0 Å². The Morgan fingerprint density at radius 1 is 1.07 bits per heavy atom. The van der Waals surface area contributed by atoms with Crippen molar-refractivity contribution >= 4 is 69.9 Å². The second kappa shape index (κ2) is 9.71. The summed E-state index contributed by atoms with van der Waals surface area (Å²) in [4.78, 5) is 39.3. The maximum absolute atomic E-state index is 12.4. The quantitative estimate of drug-likeness (QED) is 0.442. The maximum Gasteiger partial charge on any atom is 0.355 e. The molecule has 0 bridgehead atoms. The van der Waals surface area contributed by atoms with E-state index in [9.17, 15) is 14.4 Å². The van der Waals surface area contributed by atoms with Crippen molar-refractivity contribution in [3.63, 3.8) is 0 Å². The van der Waals surface area contributed by atoms with E-state index in [1.54, 1.807) is 6.92 Å². The monoisotopic (exact) mass is 480 g/mol. The predicted octanol–water partition coefficient (Wildman–Crippen LogP) is 5.08. The first-order valence-corrected chi connectivity index (χ1v) is 9.73. The summed E-state index contributed by atoms with van der Waals surface area (Å²) in [7, 11) is 1.24. The number of benzene rings is 1. The van der Waals surface area contributed by atoms with Crippen LogP contribution in [-0.4, -0.2) is 36.5 Å². The first kappa shape index (κ1) is 23.3. The van der Waals surface area contributed by atoms with Gasteiger partial charge in [-0.15, -0.1) is 0 Å². The molecule has 0 aliphatic rings. The van der Waals surface area contributed by atoms with Crippen molar-refractivity contribution in [2.24, 2.45) is 0 Å². The fourth-order valence-electron chi connectivity index (χ4n) is 2.57. The van der Waals surface area contributed by atoms with Crippen LogP contribution < -0.4 is 5.32 Å². The van der Waals surface area contributed by atoms with E-state index in [-0.39, 0.29) is 37.0 Å². The third-order valence-electron chi connectivity index (χ3n) is 3.99. The molecule has 0 aliphatic heterocycles. The number of carbonyl (C=O) groups excluding carboxylic acids is 3. The van der Waals surface area contributed by atoms with Crippen molar-refractivity contribution in [3.8, 4) is 0 Å². The van der Waals surface area contributed by atoms with E-state index in [4.69, 9.17) is 55.9 Å². The normalized spacial score (nSPS) is 10.6. The SMILES string of the molecule is CCc1[nH]c(C(=O)OCC(=O)Nc2c(Cl)c(Cl)cc(Cl)c2Cl)c(C)c1C(=O)OC. The van der Waals surface area contributed by atoms with Crippen molar-refractivity contribution in [2.45, 2.75) is 20.3 Å². The molecule has 7 nitrogen and oxygen atoms in total. The molecule has 1 heterocycles. The van der Waals surface area contributed by atoms with Crippen molar-refractivity contribution < 1.29 is 23.9 Å². The molecule has 29 heavy (non-hydrogen) atoms. The van der Waals surface area contributed by atoms with Gasteiger partial charge >= 0.3 is 11.9 Å². The Labute approximate surface area is 186 Å². The smallest absolute Gasteiger partial charge is 0.355 e. The largest absolute Gasteiger partial charge is 0.465 e. The van der Waals surface area contributed by atoms with Crippen LogP contribution in [0.25, 0.3) is 0 Å². The molecule has 0 fully saturated rings. The number of aromatic amines is 1. The maximum atomic E-state index is 12.4. The minimum Gasteiger partial charge on any atom is -0.465 e. The van der Waals surface area contributed by atoms with Gasteiger partial charge in [0.05, 0.1) is 38.5 Å². The van der Waals surface area contributed by atoms with Gasteiger partial charge in [0.2, 0.25) is 0 Å². The zero-order chi connectivity index (χ0) is 21.9. The van der Waals surface area contributed by atoms with Crippen LogP contribution in [0.4, 0.5) is 5.69 Å². The first-order chi connectivity index (χ1) is 13.6. The highest BCUT2D eigenvalue weighted by Gasteiger charge is 2.25. The molecular formula is C18H16Cl4N2O5. The van der Waals surface area contributed by atoms with Crippen molar-refractivity contribution in [1.29, 1.82) is 0 Å². The van der Waals surface area contributed by atoms with E-state index in [1.807, 2.05) is 6.92 Å². The summed E-state index contributed by atoms with van der Waals surface area (Å²) in [6, 6.07) is 1.34. The zero-order valence-corrected chi connectivity index (χ0v) is 18.6. The average molecular weight is 482 g/mol. The van der Waals surface area contributed by atoms with E-state index < -0.39 is 24.5 Å². The Hall–Kier alpha value is -1.93. The standard InChI is InChI=1S/C18H16Cl4N2O5/c1-4-10-12(17(26)28-3)7(2)15(23-10)18(27)29-6-11(25)24-16-13(21)8(19)5-9(20)14(16)22/h5,23H,4,6H2,1-3H3,(H,24,25). The number of nitrogens with one attached hydrogen (secondary N) is 2. The number of methoxy groups -OCH3 is 1. The van der Waals surface area contributed by atoms with Gasteiger partial charge in [-0.1, -0.05) is 53.3 Å². The van der Waals surface area contributed by atoms with Crippen LogP contribution in [0.2, 0.25) is 20.1 Å². The summed E-state index contributed by atoms with van der Waals surface area (Å²) >= 11 is 23.9. The Morgan fingerprint density at radius 3 is 2.17 bits per heavy atom. The third-order valence-corrected chi connectivity index (χ3v) is 5.56. The molecule has 1 aromatic heterocycles. The molecule has 2 N–H and O–H groups in total. The number of aromatic nitrogens is 1. The number of H-pyrrole nitrogens is 1. The van der Waals surface area contributed by atoms with Gasteiger partial charge in [0, 0.05) is 5.69 Å². The molecule has 0 unspecified atom stereocenters. The molecule has 11 heteroatoms. The lowest BCUT2D eigenvalue weighted by molar-refractivity contribution is -0.119. The predicted molar refractivity (Wildman–Crippen MR) is 112 cm³/mol. The minimum atomic E-state index is -0.816. The van der Waals surface area contributed by atoms with E-state index in [0.717, 1.165) is 0 Å². The number of hydrogen-bond donors (Lipinski definition) is 2. The minimum absolute atomic E-state index is 0.00346. The van der Waals surface area contributed by atoms with Gasteiger partial charge in [0.1, 0.15) is 5.69 Å². The van der Waals surface area contributed by atoms with Crippen LogP contribution in [0.15, 0.2) is 6.07 Å². The Kier molecular flexibility index (Phi) is 7.82. The molecule has 1 aromatic carbocycles. The van der Waals surface area contributed by atoms with Crippen LogP contribution in [0.3, 0.4) is 0 Å². The Balaban J connectivity index is 2.13. The highest BCUT2D eigenvalue weighted by Crippen LogP contribution is 2.40. The van der Waals surface area contributed by atoms with Crippen LogP contribution in [0, 0.1) is 6.92 Å². The molecule has 156 valence electrons. The number of amides is 1.